The molecule has 2 nitrogen and oxygen atoms in total. The van der Waals surface area contributed by atoms with E-state index in [4.69, 9.17) is 0 Å². The normalized spacial score (nSPS) is 13.2. The first kappa shape index (κ1) is 12.6. The summed E-state index contributed by atoms with van der Waals surface area (Å²) in [7, 11) is 0. The predicted octanol–water partition coefficient (Wildman–Crippen LogP) is 3.28. The van der Waals surface area contributed by atoms with Crippen molar-refractivity contribution in [1.29, 1.82) is 0 Å². The molecule has 0 aromatic carbocycles. The zero-order valence-electron chi connectivity index (χ0n) is 10.7. The van der Waals surface area contributed by atoms with Crippen LogP contribution < -0.4 is 0 Å². The van der Waals surface area contributed by atoms with E-state index < -0.39 is 0 Å². The number of hydrogen-bond donors (Lipinski definition) is 0. The molecule has 0 aliphatic heterocycles. The molecule has 3 heteroatoms. The van der Waals surface area contributed by atoms with Crippen molar-refractivity contribution >= 4 is 11.8 Å². The van der Waals surface area contributed by atoms with Gasteiger partial charge in [-0.1, -0.05) is 13.8 Å². The van der Waals surface area contributed by atoms with E-state index in [0.717, 1.165) is 5.75 Å². The highest BCUT2D eigenvalue weighted by Gasteiger charge is 2.24. The van der Waals surface area contributed by atoms with Gasteiger partial charge in [0.05, 0.1) is 11.2 Å². The molecule has 0 N–H and O–H groups in total. The van der Waals surface area contributed by atoms with Gasteiger partial charge >= 0.3 is 0 Å². The highest BCUT2D eigenvalue weighted by molar-refractivity contribution is 7.98. The Hall–Kier alpha value is -0.440. The van der Waals surface area contributed by atoms with Crippen molar-refractivity contribution < 1.29 is 0 Å². The van der Waals surface area contributed by atoms with Crippen LogP contribution in [0.1, 0.15) is 40.3 Å². The first-order valence-corrected chi connectivity index (χ1v) is 6.72. The lowest BCUT2D eigenvalue weighted by Crippen LogP contribution is -2.25. The second kappa shape index (κ2) is 4.20. The van der Waals surface area contributed by atoms with Gasteiger partial charge in [-0.05, 0) is 33.1 Å². The molecule has 0 atom stereocenters. The lowest BCUT2D eigenvalue weighted by atomic mass is 9.92. The van der Waals surface area contributed by atoms with Gasteiger partial charge < -0.3 is 0 Å². The molecule has 0 fully saturated rings. The van der Waals surface area contributed by atoms with Crippen molar-refractivity contribution in [3.8, 4) is 0 Å². The Balaban J connectivity index is 2.94. The molecule has 0 radical (unpaired) electrons. The Morgan fingerprint density at radius 3 is 2.27 bits per heavy atom. The zero-order chi connectivity index (χ0) is 11.7. The van der Waals surface area contributed by atoms with Crippen molar-refractivity contribution in [2.24, 2.45) is 0 Å². The van der Waals surface area contributed by atoms with E-state index in [1.54, 1.807) is 0 Å². The van der Waals surface area contributed by atoms with Crippen molar-refractivity contribution in [3.05, 3.63) is 18.0 Å². The molecule has 86 valence electrons. The Kier molecular flexibility index (Phi) is 3.54. The predicted molar refractivity (Wildman–Crippen MR) is 68.6 cm³/mol. The van der Waals surface area contributed by atoms with Crippen LogP contribution in [0.5, 0.6) is 0 Å². The molecule has 1 aromatic rings. The summed E-state index contributed by atoms with van der Waals surface area (Å²) in [6, 6.07) is 2.14. The maximum absolute atomic E-state index is 4.68. The van der Waals surface area contributed by atoms with Crippen LogP contribution in [0.2, 0.25) is 0 Å². The van der Waals surface area contributed by atoms with Gasteiger partial charge in [-0.3, -0.25) is 4.68 Å². The van der Waals surface area contributed by atoms with Gasteiger partial charge in [0.15, 0.2) is 0 Å². The molecule has 1 aromatic heterocycles. The van der Waals surface area contributed by atoms with Crippen molar-refractivity contribution in [2.75, 3.05) is 12.0 Å². The maximum atomic E-state index is 4.68. The van der Waals surface area contributed by atoms with Crippen LogP contribution in [0, 0.1) is 0 Å². The van der Waals surface area contributed by atoms with Gasteiger partial charge in [0, 0.05) is 17.4 Å². The average molecular weight is 226 g/mol. The van der Waals surface area contributed by atoms with E-state index in [2.05, 4.69) is 58.2 Å². The molecule has 0 saturated carbocycles. The number of rotatable bonds is 3. The highest BCUT2D eigenvalue weighted by atomic mass is 32.2. The minimum Gasteiger partial charge on any atom is -0.267 e. The summed E-state index contributed by atoms with van der Waals surface area (Å²) in [6.07, 6.45) is 4.22. The molecular formula is C12H22N2S. The third kappa shape index (κ3) is 3.00. The largest absolute Gasteiger partial charge is 0.267 e. The van der Waals surface area contributed by atoms with Crippen LogP contribution in [0.4, 0.5) is 0 Å². The highest BCUT2D eigenvalue weighted by Crippen LogP contribution is 2.26. The minimum atomic E-state index is 0.0771. The summed E-state index contributed by atoms with van der Waals surface area (Å²) in [4.78, 5) is 0. The lowest BCUT2D eigenvalue weighted by molar-refractivity contribution is 0.348. The van der Waals surface area contributed by atoms with Gasteiger partial charge in [0.25, 0.3) is 0 Å². The van der Waals surface area contributed by atoms with E-state index in [9.17, 15) is 0 Å². The quantitative estimate of drug-likeness (QED) is 0.787. The Morgan fingerprint density at radius 2 is 1.87 bits per heavy atom. The van der Waals surface area contributed by atoms with Crippen LogP contribution in [0.3, 0.4) is 0 Å². The summed E-state index contributed by atoms with van der Waals surface area (Å²) < 4.78 is 2.05. The monoisotopic (exact) mass is 226 g/mol. The SMILES string of the molecule is CSCC(C)(C)c1ccn(C(C)(C)C)n1. The molecule has 15 heavy (non-hydrogen) atoms. The second-order valence-electron chi connectivity index (χ2n) is 5.63. The number of nitrogens with zero attached hydrogens (tertiary/aromatic N) is 2. The minimum absolute atomic E-state index is 0.0771. The van der Waals surface area contributed by atoms with Gasteiger partial charge in [-0.25, -0.2) is 0 Å². The van der Waals surface area contributed by atoms with E-state index >= 15 is 0 Å². The smallest absolute Gasteiger partial charge is 0.0689 e. The fourth-order valence-electron chi connectivity index (χ4n) is 1.49. The van der Waals surface area contributed by atoms with Crippen molar-refractivity contribution in [1.82, 2.24) is 9.78 Å². The summed E-state index contributed by atoms with van der Waals surface area (Å²) in [6.45, 7) is 11.0. The average Bonchev–Trinajstić information content (AvgIpc) is 2.50. The molecule has 0 unspecified atom stereocenters. The fourth-order valence-corrected chi connectivity index (χ4v) is 2.36. The van der Waals surface area contributed by atoms with E-state index in [1.165, 1.54) is 5.69 Å². The van der Waals surface area contributed by atoms with Crippen LogP contribution in [-0.2, 0) is 11.0 Å². The number of thioether (sulfide) groups is 1. The van der Waals surface area contributed by atoms with Gasteiger partial charge in [-0.2, -0.15) is 16.9 Å². The second-order valence-corrected chi connectivity index (χ2v) is 6.50. The van der Waals surface area contributed by atoms with Crippen LogP contribution in [0.15, 0.2) is 12.3 Å². The van der Waals surface area contributed by atoms with Crippen molar-refractivity contribution in [3.63, 3.8) is 0 Å². The summed E-state index contributed by atoms with van der Waals surface area (Å²) in [5.41, 5.74) is 1.43. The Bertz CT molecular complexity index is 321. The summed E-state index contributed by atoms with van der Waals surface area (Å²) in [5.74, 6) is 1.11. The fraction of sp³-hybridized carbons (Fsp3) is 0.750. The van der Waals surface area contributed by atoms with Crippen molar-refractivity contribution in [2.45, 2.75) is 45.6 Å². The van der Waals surface area contributed by atoms with Gasteiger partial charge in [0.1, 0.15) is 0 Å². The molecule has 0 bridgehead atoms. The summed E-state index contributed by atoms with van der Waals surface area (Å²) in [5, 5.41) is 4.68. The van der Waals surface area contributed by atoms with Crippen LogP contribution >= 0.6 is 11.8 Å². The van der Waals surface area contributed by atoms with Crippen LogP contribution in [0.25, 0.3) is 0 Å². The topological polar surface area (TPSA) is 17.8 Å². The first-order chi connectivity index (χ1) is 6.77. The van der Waals surface area contributed by atoms with Crippen LogP contribution in [-0.4, -0.2) is 21.8 Å². The molecule has 0 amide bonds. The molecule has 0 aliphatic carbocycles. The van der Waals surface area contributed by atoms with Gasteiger partial charge in [-0.15, -0.1) is 0 Å². The molecular weight excluding hydrogens is 204 g/mol. The molecule has 1 heterocycles. The van der Waals surface area contributed by atoms with E-state index in [0.29, 0.717) is 0 Å². The van der Waals surface area contributed by atoms with E-state index in [-0.39, 0.29) is 11.0 Å². The Labute approximate surface area is 97.4 Å². The molecule has 0 saturated heterocycles. The standard InChI is InChI=1S/C12H22N2S/c1-11(2,3)14-8-7-10(13-14)12(4,5)9-15-6/h7-8H,9H2,1-6H3. The first-order valence-electron chi connectivity index (χ1n) is 5.33. The Morgan fingerprint density at radius 1 is 1.27 bits per heavy atom. The lowest BCUT2D eigenvalue weighted by Gasteiger charge is -2.23. The zero-order valence-corrected chi connectivity index (χ0v) is 11.5. The molecule has 0 spiro atoms. The maximum Gasteiger partial charge on any atom is 0.0689 e. The van der Waals surface area contributed by atoms with E-state index in [1.807, 2.05) is 16.4 Å². The molecule has 0 aliphatic rings. The third-order valence-electron chi connectivity index (χ3n) is 2.47. The van der Waals surface area contributed by atoms with Gasteiger partial charge in [0.2, 0.25) is 0 Å². The number of hydrogen-bond acceptors (Lipinski definition) is 2. The third-order valence-corrected chi connectivity index (χ3v) is 3.49. The number of aromatic nitrogens is 2. The summed E-state index contributed by atoms with van der Waals surface area (Å²) >= 11 is 1.87. The molecule has 1 rings (SSSR count).